The maximum Gasteiger partial charge on any atom is 0.264 e. The molecule has 0 aliphatic carbocycles. The second kappa shape index (κ2) is 7.05. The van der Waals surface area contributed by atoms with E-state index >= 15 is 0 Å². The summed E-state index contributed by atoms with van der Waals surface area (Å²) in [5.74, 6) is -0.816. The number of benzene rings is 2. The van der Waals surface area contributed by atoms with Gasteiger partial charge in [-0.15, -0.1) is 0 Å². The highest BCUT2D eigenvalue weighted by Gasteiger charge is 2.27. The van der Waals surface area contributed by atoms with Crippen molar-refractivity contribution in [3.63, 3.8) is 0 Å². The summed E-state index contributed by atoms with van der Waals surface area (Å²) in [6.07, 6.45) is 0.553. The van der Waals surface area contributed by atoms with Crippen LogP contribution in [0.4, 0.5) is 10.1 Å². The normalized spacial score (nSPS) is 13.8. The molecule has 1 aliphatic rings. The van der Waals surface area contributed by atoms with Gasteiger partial charge in [-0.05, 0) is 42.3 Å². The number of para-hydroxylation sites is 1. The number of fused-ring (bicyclic) bond motifs is 1. The van der Waals surface area contributed by atoms with E-state index in [1.807, 2.05) is 0 Å². The molecule has 0 unspecified atom stereocenters. The molecule has 0 bridgehead atoms. The molecule has 0 saturated heterocycles. The third-order valence-electron chi connectivity index (χ3n) is 4.21. The number of hydrogen-bond acceptors (Lipinski definition) is 4. The lowest BCUT2D eigenvalue weighted by Crippen LogP contribution is -2.33. The molecule has 0 aromatic heterocycles. The standard InChI is InChI=1S/C18H19FN2O4S/c1-20(2)26(23,24)14-7-8-16-13(11-14)9-10-21(16)18(22)12-25-17-6-4-3-5-15(17)19/h3-8,11H,9-10,12H2,1-2H3. The summed E-state index contributed by atoms with van der Waals surface area (Å²) < 4.78 is 44.4. The van der Waals surface area contributed by atoms with E-state index in [-0.39, 0.29) is 23.2 Å². The summed E-state index contributed by atoms with van der Waals surface area (Å²) in [4.78, 5) is 14.2. The van der Waals surface area contributed by atoms with Crippen molar-refractivity contribution in [3.05, 3.63) is 53.8 Å². The molecule has 2 aromatic carbocycles. The van der Waals surface area contributed by atoms with E-state index in [1.165, 1.54) is 37.2 Å². The van der Waals surface area contributed by atoms with Gasteiger partial charge in [0.1, 0.15) is 0 Å². The van der Waals surface area contributed by atoms with Crippen molar-refractivity contribution in [1.29, 1.82) is 0 Å². The molecule has 6 nitrogen and oxygen atoms in total. The van der Waals surface area contributed by atoms with E-state index in [2.05, 4.69) is 0 Å². The van der Waals surface area contributed by atoms with Crippen molar-refractivity contribution in [1.82, 2.24) is 4.31 Å². The highest BCUT2D eigenvalue weighted by atomic mass is 32.2. The molecule has 1 amide bonds. The topological polar surface area (TPSA) is 66.9 Å². The Kier molecular flexibility index (Phi) is 4.97. The maximum atomic E-state index is 13.6. The third-order valence-corrected chi connectivity index (χ3v) is 6.03. The van der Waals surface area contributed by atoms with Gasteiger partial charge in [-0.25, -0.2) is 17.1 Å². The minimum Gasteiger partial charge on any atom is -0.481 e. The summed E-state index contributed by atoms with van der Waals surface area (Å²) in [6, 6.07) is 10.6. The van der Waals surface area contributed by atoms with Gasteiger partial charge in [0.25, 0.3) is 5.91 Å². The molecule has 0 fully saturated rings. The molecule has 2 aromatic rings. The average molecular weight is 378 g/mol. The van der Waals surface area contributed by atoms with Crippen molar-refractivity contribution in [3.8, 4) is 5.75 Å². The summed E-state index contributed by atoms with van der Waals surface area (Å²) >= 11 is 0. The van der Waals surface area contributed by atoms with Gasteiger partial charge in [0.15, 0.2) is 18.2 Å². The molecule has 0 spiro atoms. The Morgan fingerprint density at radius 3 is 2.65 bits per heavy atom. The molecule has 8 heteroatoms. The van der Waals surface area contributed by atoms with Crippen molar-refractivity contribution in [2.45, 2.75) is 11.3 Å². The number of halogens is 1. The zero-order valence-electron chi connectivity index (χ0n) is 14.5. The van der Waals surface area contributed by atoms with Crippen molar-refractivity contribution in [2.75, 3.05) is 32.1 Å². The highest BCUT2D eigenvalue weighted by Crippen LogP contribution is 2.31. The SMILES string of the molecule is CN(C)S(=O)(=O)c1ccc2c(c1)CCN2C(=O)COc1ccccc1F. The summed E-state index contributed by atoms with van der Waals surface area (Å²) in [6.45, 7) is 0.137. The number of ether oxygens (including phenoxy) is 1. The molecule has 3 rings (SSSR count). The van der Waals surface area contributed by atoms with Gasteiger partial charge >= 0.3 is 0 Å². The monoisotopic (exact) mass is 378 g/mol. The zero-order valence-corrected chi connectivity index (χ0v) is 15.3. The van der Waals surface area contributed by atoms with Gasteiger partial charge < -0.3 is 9.64 Å². The van der Waals surface area contributed by atoms with E-state index in [4.69, 9.17) is 4.74 Å². The van der Waals surface area contributed by atoms with Crippen LogP contribution in [-0.2, 0) is 21.2 Å². The maximum absolute atomic E-state index is 13.6. The van der Waals surface area contributed by atoms with Crippen molar-refractivity contribution >= 4 is 21.6 Å². The van der Waals surface area contributed by atoms with Crippen LogP contribution in [0.2, 0.25) is 0 Å². The number of carbonyl (C=O) groups excluding carboxylic acids is 1. The van der Waals surface area contributed by atoms with E-state index in [1.54, 1.807) is 24.3 Å². The van der Waals surface area contributed by atoms with Crippen LogP contribution in [0.5, 0.6) is 5.75 Å². The fourth-order valence-corrected chi connectivity index (χ4v) is 3.74. The second-order valence-corrected chi connectivity index (χ2v) is 8.24. The fourth-order valence-electron chi connectivity index (χ4n) is 2.79. The van der Waals surface area contributed by atoms with Crippen molar-refractivity contribution < 1.29 is 22.3 Å². The first-order chi connectivity index (χ1) is 12.3. The van der Waals surface area contributed by atoms with E-state index in [9.17, 15) is 17.6 Å². The van der Waals surface area contributed by atoms with E-state index in [0.717, 1.165) is 9.87 Å². The molecule has 138 valence electrons. The van der Waals surface area contributed by atoms with Crippen LogP contribution in [0.15, 0.2) is 47.4 Å². The predicted molar refractivity (Wildman–Crippen MR) is 95.3 cm³/mol. The minimum absolute atomic E-state index is 0.0210. The number of carbonyl (C=O) groups is 1. The average Bonchev–Trinajstić information content (AvgIpc) is 3.04. The molecule has 0 radical (unpaired) electrons. The van der Waals surface area contributed by atoms with Crippen LogP contribution in [-0.4, -0.2) is 45.9 Å². The number of amides is 1. The minimum atomic E-state index is -3.52. The van der Waals surface area contributed by atoms with Gasteiger partial charge in [-0.1, -0.05) is 12.1 Å². The predicted octanol–water partition coefficient (Wildman–Crippen LogP) is 2.04. The molecule has 1 heterocycles. The molecule has 0 saturated carbocycles. The van der Waals surface area contributed by atoms with Crippen LogP contribution < -0.4 is 9.64 Å². The second-order valence-electron chi connectivity index (χ2n) is 6.09. The number of rotatable bonds is 5. The zero-order chi connectivity index (χ0) is 18.9. The molecule has 0 N–H and O–H groups in total. The highest BCUT2D eigenvalue weighted by molar-refractivity contribution is 7.89. The molecule has 26 heavy (non-hydrogen) atoms. The Hall–Kier alpha value is -2.45. The Labute approximate surface area is 151 Å². The number of sulfonamides is 1. The smallest absolute Gasteiger partial charge is 0.264 e. The number of anilines is 1. The largest absolute Gasteiger partial charge is 0.481 e. The summed E-state index contributed by atoms with van der Waals surface area (Å²) in [5, 5.41) is 0. The first-order valence-electron chi connectivity index (χ1n) is 8.04. The molecular formula is C18H19FN2O4S. The summed E-state index contributed by atoms with van der Waals surface area (Å²) in [5.41, 5.74) is 1.44. The van der Waals surface area contributed by atoms with E-state index < -0.39 is 15.8 Å². The van der Waals surface area contributed by atoms with Crippen LogP contribution in [0.25, 0.3) is 0 Å². The Balaban J connectivity index is 1.75. The Morgan fingerprint density at radius 2 is 1.96 bits per heavy atom. The Bertz CT molecular complexity index is 944. The van der Waals surface area contributed by atoms with Crippen LogP contribution in [0, 0.1) is 5.82 Å². The molecular weight excluding hydrogens is 359 g/mol. The van der Waals surface area contributed by atoms with Gasteiger partial charge in [-0.2, -0.15) is 0 Å². The lowest BCUT2D eigenvalue weighted by Gasteiger charge is -2.18. The van der Waals surface area contributed by atoms with Gasteiger partial charge in [-0.3, -0.25) is 4.79 Å². The molecule has 1 aliphatic heterocycles. The quantitative estimate of drug-likeness (QED) is 0.799. The van der Waals surface area contributed by atoms with Crippen LogP contribution in [0.3, 0.4) is 0 Å². The third kappa shape index (κ3) is 3.42. The molecule has 0 atom stereocenters. The summed E-state index contributed by atoms with van der Waals surface area (Å²) in [7, 11) is -0.582. The van der Waals surface area contributed by atoms with Gasteiger partial charge in [0.05, 0.1) is 4.90 Å². The first kappa shape index (κ1) is 18.3. The van der Waals surface area contributed by atoms with Crippen molar-refractivity contribution in [2.24, 2.45) is 0 Å². The van der Waals surface area contributed by atoms with E-state index in [0.29, 0.717) is 18.7 Å². The van der Waals surface area contributed by atoms with Gasteiger partial charge in [0, 0.05) is 26.3 Å². The number of hydrogen-bond donors (Lipinski definition) is 0. The Morgan fingerprint density at radius 1 is 1.23 bits per heavy atom. The fraction of sp³-hybridized carbons (Fsp3) is 0.278. The van der Waals surface area contributed by atoms with Crippen LogP contribution >= 0.6 is 0 Å². The lowest BCUT2D eigenvalue weighted by atomic mass is 10.2. The van der Waals surface area contributed by atoms with Crippen LogP contribution in [0.1, 0.15) is 5.56 Å². The van der Waals surface area contributed by atoms with Gasteiger partial charge in [0.2, 0.25) is 10.0 Å². The first-order valence-corrected chi connectivity index (χ1v) is 9.48. The lowest BCUT2D eigenvalue weighted by molar-refractivity contribution is -0.120. The number of nitrogens with zero attached hydrogens (tertiary/aromatic N) is 2.